The van der Waals surface area contributed by atoms with Gasteiger partial charge < -0.3 is 4.74 Å². The van der Waals surface area contributed by atoms with Gasteiger partial charge in [0.2, 0.25) is 10.0 Å². The molecule has 2 aromatic carbocycles. The van der Waals surface area contributed by atoms with E-state index in [4.69, 9.17) is 4.74 Å². The molecular weight excluding hydrogens is 394 g/mol. The molecule has 0 atom stereocenters. The fraction of sp³-hybridized carbons (Fsp3) is 0.300. The molecule has 0 heterocycles. The van der Waals surface area contributed by atoms with Crippen molar-refractivity contribution in [1.82, 2.24) is 15.6 Å². The Morgan fingerprint density at radius 3 is 2.34 bits per heavy atom. The Labute approximate surface area is 170 Å². The fourth-order valence-electron chi connectivity index (χ4n) is 2.36. The van der Waals surface area contributed by atoms with Crippen molar-refractivity contribution in [3.8, 4) is 5.75 Å². The number of hydrogen-bond acceptors (Lipinski definition) is 5. The molecule has 9 heteroatoms. The second-order valence-electron chi connectivity index (χ2n) is 7.44. The Kier molecular flexibility index (Phi) is 6.99. The number of nitrogens with one attached hydrogen (secondary N) is 3. The van der Waals surface area contributed by atoms with Gasteiger partial charge in [0.05, 0.1) is 4.90 Å². The predicted octanol–water partition coefficient (Wildman–Crippen LogP) is 1.91. The molecule has 0 aromatic heterocycles. The van der Waals surface area contributed by atoms with Crippen LogP contribution in [0.5, 0.6) is 5.75 Å². The number of carbonyl (C=O) groups excluding carboxylic acids is 2. The molecule has 0 unspecified atom stereocenters. The summed E-state index contributed by atoms with van der Waals surface area (Å²) in [5.41, 5.74) is 4.78. The highest BCUT2D eigenvalue weighted by Gasteiger charge is 2.22. The van der Waals surface area contributed by atoms with Crippen LogP contribution in [0.15, 0.2) is 53.4 Å². The number of aryl methyl sites for hydroxylation is 1. The van der Waals surface area contributed by atoms with Gasteiger partial charge in [0.1, 0.15) is 5.75 Å². The second-order valence-corrected chi connectivity index (χ2v) is 9.12. The maximum Gasteiger partial charge on any atom is 0.276 e. The number of hydrazine groups is 1. The van der Waals surface area contributed by atoms with Crippen LogP contribution in [0.3, 0.4) is 0 Å². The third-order valence-electron chi connectivity index (χ3n) is 3.61. The molecule has 29 heavy (non-hydrogen) atoms. The van der Waals surface area contributed by atoms with E-state index in [2.05, 4.69) is 15.6 Å². The van der Waals surface area contributed by atoms with E-state index < -0.39 is 27.4 Å². The van der Waals surface area contributed by atoms with Crippen molar-refractivity contribution in [2.24, 2.45) is 0 Å². The normalized spacial score (nSPS) is 11.6. The molecule has 0 aliphatic heterocycles. The van der Waals surface area contributed by atoms with Crippen molar-refractivity contribution in [3.63, 3.8) is 0 Å². The second kappa shape index (κ2) is 9.06. The van der Waals surface area contributed by atoms with Gasteiger partial charge in [-0.05, 0) is 57.5 Å². The highest BCUT2D eigenvalue weighted by molar-refractivity contribution is 7.89. The average Bonchev–Trinajstić information content (AvgIpc) is 2.63. The minimum Gasteiger partial charge on any atom is -0.483 e. The molecule has 0 saturated carbocycles. The Balaban J connectivity index is 1.95. The summed E-state index contributed by atoms with van der Waals surface area (Å²) in [7, 11) is -3.79. The molecule has 0 saturated heterocycles. The first-order valence-electron chi connectivity index (χ1n) is 8.89. The molecule has 0 fully saturated rings. The zero-order chi connectivity index (χ0) is 21.7. The standard InChI is InChI=1S/C20H25N3O5S/c1-14-8-5-6-11-17(14)28-13-18(24)21-22-19(25)15-9-7-10-16(12-15)29(26,27)23-20(2,3)4/h5-12,23H,13H2,1-4H3,(H,21,24)(H,22,25). The van der Waals surface area contributed by atoms with E-state index in [9.17, 15) is 18.0 Å². The van der Waals surface area contributed by atoms with Crippen LogP contribution in [-0.2, 0) is 14.8 Å². The number of carbonyl (C=O) groups is 2. The number of hydrogen-bond donors (Lipinski definition) is 3. The maximum atomic E-state index is 12.4. The van der Waals surface area contributed by atoms with Crippen LogP contribution >= 0.6 is 0 Å². The first-order valence-corrected chi connectivity index (χ1v) is 10.4. The van der Waals surface area contributed by atoms with E-state index in [-0.39, 0.29) is 17.1 Å². The Morgan fingerprint density at radius 2 is 1.69 bits per heavy atom. The van der Waals surface area contributed by atoms with Crippen LogP contribution in [0.4, 0.5) is 0 Å². The van der Waals surface area contributed by atoms with E-state index in [0.717, 1.165) is 5.56 Å². The van der Waals surface area contributed by atoms with Crippen molar-refractivity contribution in [1.29, 1.82) is 0 Å². The number of ether oxygens (including phenoxy) is 1. The highest BCUT2D eigenvalue weighted by Crippen LogP contribution is 2.16. The third-order valence-corrected chi connectivity index (χ3v) is 5.37. The quantitative estimate of drug-likeness (QED) is 0.619. The van der Waals surface area contributed by atoms with Crippen LogP contribution in [-0.4, -0.2) is 32.4 Å². The van der Waals surface area contributed by atoms with Gasteiger partial charge in [-0.1, -0.05) is 24.3 Å². The van der Waals surface area contributed by atoms with Crippen molar-refractivity contribution in [3.05, 3.63) is 59.7 Å². The van der Waals surface area contributed by atoms with E-state index >= 15 is 0 Å². The summed E-state index contributed by atoms with van der Waals surface area (Å²) in [6.45, 7) is 6.72. The lowest BCUT2D eigenvalue weighted by atomic mass is 10.1. The molecule has 0 aliphatic rings. The topological polar surface area (TPSA) is 114 Å². The summed E-state index contributed by atoms with van der Waals surface area (Å²) < 4.78 is 32.7. The minimum atomic E-state index is -3.79. The average molecular weight is 420 g/mol. The Morgan fingerprint density at radius 1 is 1.00 bits per heavy atom. The molecule has 0 bridgehead atoms. The SMILES string of the molecule is Cc1ccccc1OCC(=O)NNC(=O)c1cccc(S(=O)(=O)NC(C)(C)C)c1. The van der Waals surface area contributed by atoms with E-state index in [0.29, 0.717) is 5.75 Å². The van der Waals surface area contributed by atoms with Gasteiger partial charge in [-0.3, -0.25) is 20.4 Å². The van der Waals surface area contributed by atoms with Gasteiger partial charge in [0.15, 0.2) is 6.61 Å². The van der Waals surface area contributed by atoms with Crippen molar-refractivity contribution in [2.75, 3.05) is 6.61 Å². The Hall–Kier alpha value is -2.91. The zero-order valence-corrected chi connectivity index (χ0v) is 17.6. The molecule has 2 amide bonds. The smallest absolute Gasteiger partial charge is 0.276 e. The van der Waals surface area contributed by atoms with Crippen LogP contribution in [0, 0.1) is 6.92 Å². The molecule has 0 spiro atoms. The summed E-state index contributed by atoms with van der Waals surface area (Å²) >= 11 is 0. The number of rotatable bonds is 6. The molecule has 2 rings (SSSR count). The summed E-state index contributed by atoms with van der Waals surface area (Å²) in [6.07, 6.45) is 0. The van der Waals surface area contributed by atoms with Crippen LogP contribution in [0.25, 0.3) is 0 Å². The van der Waals surface area contributed by atoms with Gasteiger partial charge in [-0.15, -0.1) is 0 Å². The molecular formula is C20H25N3O5S. The predicted molar refractivity (Wildman–Crippen MR) is 109 cm³/mol. The summed E-state index contributed by atoms with van der Waals surface area (Å²) in [4.78, 5) is 24.1. The summed E-state index contributed by atoms with van der Waals surface area (Å²) in [5, 5.41) is 0. The molecule has 3 N–H and O–H groups in total. The molecule has 2 aromatic rings. The Bertz CT molecular complexity index is 997. The maximum absolute atomic E-state index is 12.4. The van der Waals surface area contributed by atoms with E-state index in [1.54, 1.807) is 32.9 Å². The molecule has 156 valence electrons. The van der Waals surface area contributed by atoms with Gasteiger partial charge >= 0.3 is 0 Å². The van der Waals surface area contributed by atoms with Crippen molar-refractivity contribution >= 4 is 21.8 Å². The largest absolute Gasteiger partial charge is 0.483 e. The van der Waals surface area contributed by atoms with Crippen molar-refractivity contribution in [2.45, 2.75) is 38.1 Å². The van der Waals surface area contributed by atoms with Gasteiger partial charge in [0, 0.05) is 11.1 Å². The van der Waals surface area contributed by atoms with Crippen LogP contribution in [0.1, 0.15) is 36.7 Å². The van der Waals surface area contributed by atoms with E-state index in [1.807, 2.05) is 19.1 Å². The summed E-state index contributed by atoms with van der Waals surface area (Å²) in [5.74, 6) is -0.639. The zero-order valence-electron chi connectivity index (χ0n) is 16.8. The molecule has 8 nitrogen and oxygen atoms in total. The van der Waals surface area contributed by atoms with E-state index in [1.165, 1.54) is 24.3 Å². The first kappa shape index (κ1) is 22.4. The molecule has 0 aliphatic carbocycles. The lowest BCUT2D eigenvalue weighted by Crippen LogP contribution is -2.44. The number of amides is 2. The molecule has 0 radical (unpaired) electrons. The van der Waals surface area contributed by atoms with Gasteiger partial charge in [-0.25, -0.2) is 13.1 Å². The highest BCUT2D eigenvalue weighted by atomic mass is 32.2. The summed E-state index contributed by atoms with van der Waals surface area (Å²) in [6, 6.07) is 12.8. The van der Waals surface area contributed by atoms with Crippen molar-refractivity contribution < 1.29 is 22.7 Å². The van der Waals surface area contributed by atoms with Gasteiger partial charge in [-0.2, -0.15) is 0 Å². The first-order chi connectivity index (χ1) is 13.5. The van der Waals surface area contributed by atoms with Crippen LogP contribution in [0.2, 0.25) is 0 Å². The lowest BCUT2D eigenvalue weighted by Gasteiger charge is -2.20. The number of sulfonamides is 1. The number of benzene rings is 2. The number of para-hydroxylation sites is 1. The third kappa shape index (κ3) is 6.88. The fourth-order valence-corrected chi connectivity index (χ4v) is 3.83. The monoisotopic (exact) mass is 419 g/mol. The van der Waals surface area contributed by atoms with Crippen LogP contribution < -0.4 is 20.3 Å². The minimum absolute atomic E-state index is 0.0470. The van der Waals surface area contributed by atoms with Gasteiger partial charge in [0.25, 0.3) is 11.8 Å². The lowest BCUT2D eigenvalue weighted by molar-refractivity contribution is -0.123.